The molecule has 0 atom stereocenters. The van der Waals surface area contributed by atoms with Crippen molar-refractivity contribution in [2.24, 2.45) is 0 Å². The van der Waals surface area contributed by atoms with E-state index in [1.807, 2.05) is 0 Å². The van der Waals surface area contributed by atoms with E-state index in [4.69, 9.17) is 11.2 Å². The Morgan fingerprint density at radius 2 is 1.58 bits per heavy atom. The molecular formula is C16H24N2O. The van der Waals surface area contributed by atoms with Crippen molar-refractivity contribution in [1.82, 2.24) is 9.97 Å². The average Bonchev–Trinajstić information content (AvgIpc) is 2.46. The van der Waals surface area contributed by atoms with Crippen molar-refractivity contribution in [1.29, 1.82) is 0 Å². The first-order valence-corrected chi connectivity index (χ1v) is 7.28. The molecule has 0 spiro atoms. The minimum atomic E-state index is 0.418. The summed E-state index contributed by atoms with van der Waals surface area (Å²) in [5.74, 6) is 2.48. The number of hydrogen-bond acceptors (Lipinski definition) is 3. The zero-order valence-corrected chi connectivity index (χ0v) is 11.9. The van der Waals surface area contributed by atoms with Gasteiger partial charge in [-0.3, -0.25) is 0 Å². The van der Waals surface area contributed by atoms with Crippen LogP contribution in [0.5, 0.6) is 6.01 Å². The van der Waals surface area contributed by atoms with E-state index in [0.29, 0.717) is 18.2 Å². The summed E-state index contributed by atoms with van der Waals surface area (Å²) in [6, 6.07) is 0.418. The first-order valence-electron chi connectivity index (χ1n) is 7.28. The molecule has 0 radical (unpaired) electrons. The second-order valence-corrected chi connectivity index (χ2v) is 4.72. The van der Waals surface area contributed by atoms with Crippen molar-refractivity contribution in [3.63, 3.8) is 0 Å². The molecule has 3 heteroatoms. The molecule has 19 heavy (non-hydrogen) atoms. The van der Waals surface area contributed by atoms with Crippen LogP contribution in [0.3, 0.4) is 0 Å². The van der Waals surface area contributed by atoms with E-state index >= 15 is 0 Å². The molecule has 0 aliphatic carbocycles. The Balaban J connectivity index is 1.97. The molecule has 0 bridgehead atoms. The second-order valence-electron chi connectivity index (χ2n) is 4.72. The average molecular weight is 260 g/mol. The Bertz CT molecular complexity index is 367. The minimum absolute atomic E-state index is 0.418. The van der Waals surface area contributed by atoms with Gasteiger partial charge in [0.15, 0.2) is 0 Å². The van der Waals surface area contributed by atoms with Crippen molar-refractivity contribution >= 4 is 0 Å². The standard InChI is InChI=1S/C16H24N2O/c1-3-5-6-7-8-9-10-11-12-19-16-17-13-15(4-2)14-18-16/h2,13-14H,3,5-12H2,1H3. The third kappa shape index (κ3) is 7.46. The van der Waals surface area contributed by atoms with Crippen molar-refractivity contribution in [3.8, 4) is 18.4 Å². The fourth-order valence-corrected chi connectivity index (χ4v) is 1.86. The lowest BCUT2D eigenvalue weighted by molar-refractivity contribution is 0.281. The molecule has 1 rings (SSSR count). The van der Waals surface area contributed by atoms with Crippen LogP contribution in [-0.2, 0) is 0 Å². The lowest BCUT2D eigenvalue weighted by atomic mass is 10.1. The highest BCUT2D eigenvalue weighted by Gasteiger charge is 1.97. The van der Waals surface area contributed by atoms with Crippen LogP contribution >= 0.6 is 0 Å². The summed E-state index contributed by atoms with van der Waals surface area (Å²) in [4.78, 5) is 8.08. The Morgan fingerprint density at radius 3 is 2.16 bits per heavy atom. The maximum atomic E-state index is 5.46. The fraction of sp³-hybridized carbons (Fsp3) is 0.625. The molecule has 0 saturated heterocycles. The highest BCUT2D eigenvalue weighted by Crippen LogP contribution is 2.09. The van der Waals surface area contributed by atoms with Gasteiger partial charge in [-0.1, -0.05) is 57.8 Å². The Hall–Kier alpha value is -1.56. The van der Waals surface area contributed by atoms with Gasteiger partial charge in [-0.15, -0.1) is 6.42 Å². The lowest BCUT2D eigenvalue weighted by Gasteiger charge is -2.04. The molecule has 1 heterocycles. The van der Waals surface area contributed by atoms with Crippen LogP contribution < -0.4 is 4.74 Å². The zero-order chi connectivity index (χ0) is 13.8. The van der Waals surface area contributed by atoms with E-state index in [9.17, 15) is 0 Å². The zero-order valence-electron chi connectivity index (χ0n) is 11.9. The first-order chi connectivity index (χ1) is 9.36. The number of terminal acetylenes is 1. The smallest absolute Gasteiger partial charge is 0.316 e. The van der Waals surface area contributed by atoms with E-state index in [1.54, 1.807) is 12.4 Å². The van der Waals surface area contributed by atoms with Crippen molar-refractivity contribution in [2.75, 3.05) is 6.61 Å². The fourth-order valence-electron chi connectivity index (χ4n) is 1.86. The predicted molar refractivity (Wildman–Crippen MR) is 78.1 cm³/mol. The summed E-state index contributed by atoms with van der Waals surface area (Å²) in [5.41, 5.74) is 0.680. The van der Waals surface area contributed by atoms with Gasteiger partial charge in [0.05, 0.1) is 12.2 Å². The quantitative estimate of drug-likeness (QED) is 0.471. The van der Waals surface area contributed by atoms with E-state index in [-0.39, 0.29) is 0 Å². The summed E-state index contributed by atoms with van der Waals surface area (Å²) in [7, 11) is 0. The summed E-state index contributed by atoms with van der Waals surface area (Å²) < 4.78 is 5.46. The molecule has 0 fully saturated rings. The van der Waals surface area contributed by atoms with E-state index in [2.05, 4.69) is 22.8 Å². The van der Waals surface area contributed by atoms with Gasteiger partial charge in [-0.2, -0.15) is 0 Å². The molecule has 0 unspecified atom stereocenters. The van der Waals surface area contributed by atoms with E-state index < -0.39 is 0 Å². The van der Waals surface area contributed by atoms with Gasteiger partial charge in [0.1, 0.15) is 0 Å². The van der Waals surface area contributed by atoms with Crippen LogP contribution in [-0.4, -0.2) is 16.6 Å². The first kappa shape index (κ1) is 15.5. The number of unbranched alkanes of at least 4 members (excludes halogenated alkanes) is 7. The van der Waals surface area contributed by atoms with Gasteiger partial charge in [-0.05, 0) is 6.42 Å². The van der Waals surface area contributed by atoms with Crippen LogP contribution in [0.2, 0.25) is 0 Å². The molecule has 0 saturated carbocycles. The highest BCUT2D eigenvalue weighted by atomic mass is 16.5. The Labute approximate surface area is 116 Å². The number of ether oxygens (including phenoxy) is 1. The summed E-state index contributed by atoms with van der Waals surface area (Å²) in [6.45, 7) is 2.93. The molecule has 1 aromatic heterocycles. The van der Waals surface area contributed by atoms with Crippen LogP contribution in [0.25, 0.3) is 0 Å². The van der Waals surface area contributed by atoms with Gasteiger partial charge in [-0.25, -0.2) is 9.97 Å². The van der Waals surface area contributed by atoms with E-state index in [1.165, 1.54) is 44.9 Å². The molecular weight excluding hydrogens is 236 g/mol. The largest absolute Gasteiger partial charge is 0.463 e. The molecule has 104 valence electrons. The number of nitrogens with zero attached hydrogens (tertiary/aromatic N) is 2. The summed E-state index contributed by atoms with van der Waals surface area (Å²) >= 11 is 0. The Morgan fingerprint density at radius 1 is 1.00 bits per heavy atom. The SMILES string of the molecule is C#Cc1cnc(OCCCCCCCCCC)nc1. The molecule has 0 aliphatic heterocycles. The third-order valence-corrected chi connectivity index (χ3v) is 3.02. The van der Waals surface area contributed by atoms with Gasteiger partial charge in [0, 0.05) is 12.4 Å². The molecule has 3 nitrogen and oxygen atoms in total. The molecule has 0 N–H and O–H groups in total. The van der Waals surface area contributed by atoms with Crippen molar-refractivity contribution in [2.45, 2.75) is 58.3 Å². The highest BCUT2D eigenvalue weighted by molar-refractivity contribution is 5.26. The third-order valence-electron chi connectivity index (χ3n) is 3.02. The maximum absolute atomic E-state index is 5.46. The van der Waals surface area contributed by atoms with Gasteiger partial charge in [0.2, 0.25) is 0 Å². The van der Waals surface area contributed by atoms with Gasteiger partial charge >= 0.3 is 6.01 Å². The van der Waals surface area contributed by atoms with Crippen molar-refractivity contribution < 1.29 is 4.74 Å². The molecule has 0 aliphatic rings. The van der Waals surface area contributed by atoms with Crippen LogP contribution in [0.1, 0.15) is 63.9 Å². The van der Waals surface area contributed by atoms with Crippen LogP contribution in [0.15, 0.2) is 12.4 Å². The van der Waals surface area contributed by atoms with Gasteiger partial charge < -0.3 is 4.74 Å². The van der Waals surface area contributed by atoms with Crippen LogP contribution in [0, 0.1) is 12.3 Å². The predicted octanol–water partition coefficient (Wildman–Crippen LogP) is 3.98. The molecule has 0 aromatic carbocycles. The lowest BCUT2D eigenvalue weighted by Crippen LogP contribution is -2.01. The minimum Gasteiger partial charge on any atom is -0.463 e. The maximum Gasteiger partial charge on any atom is 0.316 e. The second kappa shape index (κ2) is 10.4. The monoisotopic (exact) mass is 260 g/mol. The van der Waals surface area contributed by atoms with Crippen molar-refractivity contribution in [3.05, 3.63) is 18.0 Å². The van der Waals surface area contributed by atoms with Gasteiger partial charge in [0.25, 0.3) is 0 Å². The molecule has 1 aromatic rings. The Kier molecular flexibility index (Phi) is 8.46. The number of aromatic nitrogens is 2. The summed E-state index contributed by atoms with van der Waals surface area (Å²) in [5, 5.41) is 0. The topological polar surface area (TPSA) is 35.0 Å². The summed E-state index contributed by atoms with van der Waals surface area (Å²) in [6.07, 6.45) is 18.8. The number of hydrogen-bond donors (Lipinski definition) is 0. The molecule has 0 amide bonds. The van der Waals surface area contributed by atoms with E-state index in [0.717, 1.165) is 6.42 Å². The van der Waals surface area contributed by atoms with Crippen LogP contribution in [0.4, 0.5) is 0 Å². The normalized spacial score (nSPS) is 10.1. The number of rotatable bonds is 10.